The van der Waals surface area contributed by atoms with E-state index in [1.807, 2.05) is 42.5 Å². The third-order valence-corrected chi connectivity index (χ3v) is 7.51. The number of nitrogens with one attached hydrogen (secondary N) is 1. The van der Waals surface area contributed by atoms with E-state index >= 15 is 0 Å². The largest absolute Gasteiger partial charge is 0.323 e. The van der Waals surface area contributed by atoms with Crippen molar-refractivity contribution in [2.75, 3.05) is 4.72 Å². The molecule has 0 aliphatic rings. The molecule has 5 rings (SSSR count). The Morgan fingerprint density at radius 3 is 2.40 bits per heavy atom. The minimum absolute atomic E-state index is 0.0205. The minimum Gasteiger partial charge on any atom is -0.323 e. The number of sulfonamides is 1. The maximum atomic E-state index is 12.9. The zero-order valence-corrected chi connectivity index (χ0v) is 20.5. The van der Waals surface area contributed by atoms with Crippen LogP contribution < -0.4 is 4.72 Å². The molecule has 1 N–H and O–H groups in total. The number of benzene rings is 3. The highest BCUT2D eigenvalue weighted by atomic mass is 35.5. The molecule has 176 valence electrons. The highest BCUT2D eigenvalue weighted by molar-refractivity contribution is 7.92. The number of hydrogen-bond donors (Lipinski definition) is 1. The molecule has 0 radical (unpaired) electrons. The Kier molecular flexibility index (Phi) is 6.23. The van der Waals surface area contributed by atoms with Crippen LogP contribution in [0.25, 0.3) is 22.3 Å². The topological polar surface area (TPSA) is 89.8 Å². The smallest absolute Gasteiger partial charge is 0.264 e. The third kappa shape index (κ3) is 4.62. The van der Waals surface area contributed by atoms with Crippen molar-refractivity contribution in [1.82, 2.24) is 19.5 Å². The quantitative estimate of drug-likeness (QED) is 0.314. The number of para-hydroxylation sites is 2. The summed E-state index contributed by atoms with van der Waals surface area (Å²) in [4.78, 5) is 13.3. The minimum atomic E-state index is -3.94. The van der Waals surface area contributed by atoms with Crippen LogP contribution in [0.5, 0.6) is 0 Å². The van der Waals surface area contributed by atoms with Crippen molar-refractivity contribution >= 4 is 38.5 Å². The molecule has 2 heterocycles. The fourth-order valence-corrected chi connectivity index (χ4v) is 5.53. The van der Waals surface area contributed by atoms with Crippen molar-refractivity contribution in [2.45, 2.75) is 24.8 Å². The molecule has 2 aromatic heterocycles. The van der Waals surface area contributed by atoms with Gasteiger partial charge in [0, 0.05) is 30.9 Å². The van der Waals surface area contributed by atoms with E-state index in [0.717, 1.165) is 34.4 Å². The number of halogens is 1. The highest BCUT2D eigenvalue weighted by Crippen LogP contribution is 2.28. The average molecular weight is 504 g/mol. The Morgan fingerprint density at radius 1 is 0.914 bits per heavy atom. The number of fused-ring (bicyclic) bond motifs is 1. The summed E-state index contributed by atoms with van der Waals surface area (Å²) in [5.41, 5.74) is 4.34. The highest BCUT2D eigenvalue weighted by Gasteiger charge is 2.21. The van der Waals surface area contributed by atoms with Gasteiger partial charge in [0.1, 0.15) is 16.4 Å². The number of aromatic nitrogens is 4. The van der Waals surface area contributed by atoms with Crippen LogP contribution in [0.4, 0.5) is 5.82 Å². The molecule has 9 heteroatoms. The van der Waals surface area contributed by atoms with Gasteiger partial charge in [-0.25, -0.2) is 18.4 Å². The lowest BCUT2D eigenvalue weighted by Gasteiger charge is -2.13. The molecule has 3 aromatic carbocycles. The predicted octanol–water partition coefficient (Wildman–Crippen LogP) is 5.56. The molecule has 0 saturated heterocycles. The van der Waals surface area contributed by atoms with Gasteiger partial charge in [-0.05, 0) is 29.8 Å². The van der Waals surface area contributed by atoms with Crippen molar-refractivity contribution < 1.29 is 8.42 Å². The van der Waals surface area contributed by atoms with Crippen LogP contribution >= 0.6 is 11.6 Å². The summed E-state index contributed by atoms with van der Waals surface area (Å²) in [5.74, 6) is 1.16. The van der Waals surface area contributed by atoms with E-state index in [2.05, 4.69) is 32.2 Å². The van der Waals surface area contributed by atoms with Gasteiger partial charge in [-0.2, -0.15) is 0 Å². The summed E-state index contributed by atoms with van der Waals surface area (Å²) in [5, 5.41) is 0.133. The Morgan fingerprint density at radius 2 is 1.63 bits per heavy atom. The summed E-state index contributed by atoms with van der Waals surface area (Å²) < 4.78 is 30.6. The zero-order chi connectivity index (χ0) is 24.4. The number of rotatable bonds is 7. The molecule has 0 bridgehead atoms. The van der Waals surface area contributed by atoms with Crippen LogP contribution in [0.3, 0.4) is 0 Å². The lowest BCUT2D eigenvalue weighted by atomic mass is 10.1. The molecule has 0 unspecified atom stereocenters. The van der Waals surface area contributed by atoms with Crippen molar-refractivity contribution in [1.29, 1.82) is 0 Å². The van der Waals surface area contributed by atoms with Crippen LogP contribution in [-0.2, 0) is 23.0 Å². The maximum absolute atomic E-state index is 12.9. The molecule has 0 aliphatic carbocycles. The molecule has 0 aliphatic heterocycles. The molecule has 0 saturated carbocycles. The van der Waals surface area contributed by atoms with E-state index in [0.29, 0.717) is 12.2 Å². The molecule has 0 fully saturated rings. The van der Waals surface area contributed by atoms with E-state index in [1.54, 1.807) is 12.1 Å². The van der Waals surface area contributed by atoms with Gasteiger partial charge in [-0.1, -0.05) is 67.1 Å². The lowest BCUT2D eigenvalue weighted by Crippen LogP contribution is -2.15. The van der Waals surface area contributed by atoms with Crippen molar-refractivity contribution in [3.63, 3.8) is 0 Å². The third-order valence-electron chi connectivity index (χ3n) is 5.67. The van der Waals surface area contributed by atoms with E-state index < -0.39 is 10.0 Å². The van der Waals surface area contributed by atoms with E-state index in [4.69, 9.17) is 16.6 Å². The Labute approximate surface area is 208 Å². The second kappa shape index (κ2) is 9.48. The number of nitrogens with zero attached hydrogens (tertiary/aromatic N) is 4. The van der Waals surface area contributed by atoms with Gasteiger partial charge < -0.3 is 4.57 Å². The van der Waals surface area contributed by atoms with Gasteiger partial charge in [0.2, 0.25) is 0 Å². The van der Waals surface area contributed by atoms with Crippen molar-refractivity contribution in [2.24, 2.45) is 0 Å². The Hall–Kier alpha value is -3.75. The lowest BCUT2D eigenvalue weighted by molar-refractivity contribution is 0.601. The maximum Gasteiger partial charge on any atom is 0.264 e. The molecule has 0 spiro atoms. The summed E-state index contributed by atoms with van der Waals surface area (Å²) in [7, 11) is -3.94. The van der Waals surface area contributed by atoms with Gasteiger partial charge in [0.15, 0.2) is 5.82 Å². The summed E-state index contributed by atoms with van der Waals surface area (Å²) in [6.45, 7) is 2.77. The Bertz CT molecular complexity index is 1610. The van der Waals surface area contributed by atoms with E-state index in [-0.39, 0.29) is 15.7 Å². The first-order valence-electron chi connectivity index (χ1n) is 11.1. The van der Waals surface area contributed by atoms with Gasteiger partial charge >= 0.3 is 0 Å². The van der Waals surface area contributed by atoms with E-state index in [1.165, 1.54) is 24.5 Å². The fourth-order valence-electron chi connectivity index (χ4n) is 3.99. The molecule has 7 nitrogen and oxygen atoms in total. The fraction of sp³-hybridized carbons (Fsp3) is 0.115. The summed E-state index contributed by atoms with van der Waals surface area (Å²) in [6, 6.07) is 22.2. The zero-order valence-electron chi connectivity index (χ0n) is 18.9. The summed E-state index contributed by atoms with van der Waals surface area (Å²) >= 11 is 6.10. The van der Waals surface area contributed by atoms with Crippen molar-refractivity contribution in [3.05, 3.63) is 102 Å². The summed E-state index contributed by atoms with van der Waals surface area (Å²) in [6.07, 6.45) is 3.81. The van der Waals surface area contributed by atoms with Crippen LogP contribution in [0, 0.1) is 0 Å². The monoisotopic (exact) mass is 503 g/mol. The first-order chi connectivity index (χ1) is 17.0. The first kappa shape index (κ1) is 23.0. The van der Waals surface area contributed by atoms with Crippen molar-refractivity contribution in [3.8, 4) is 11.3 Å². The number of aryl methyl sites for hydroxylation is 1. The molecule has 35 heavy (non-hydrogen) atoms. The molecule has 5 aromatic rings. The normalized spacial score (nSPS) is 11.6. The number of hydrogen-bond acceptors (Lipinski definition) is 5. The number of anilines is 1. The van der Waals surface area contributed by atoms with E-state index in [9.17, 15) is 8.42 Å². The van der Waals surface area contributed by atoms with Crippen LogP contribution in [-0.4, -0.2) is 27.9 Å². The van der Waals surface area contributed by atoms with Gasteiger partial charge in [-0.3, -0.25) is 9.71 Å². The second-order valence-electron chi connectivity index (χ2n) is 7.94. The first-order valence-corrected chi connectivity index (χ1v) is 12.9. The molecular formula is C26H22ClN5O2S. The van der Waals surface area contributed by atoms with Gasteiger partial charge in [-0.15, -0.1) is 0 Å². The van der Waals surface area contributed by atoms with Crippen LogP contribution in [0.15, 0.2) is 90.1 Å². The van der Waals surface area contributed by atoms with Crippen LogP contribution in [0.1, 0.15) is 18.3 Å². The standard InChI is InChI=1S/C26H22ClN5O2S/c1-2-24-30-21-8-4-5-9-22(21)32(24)17-18-11-13-19(14-12-18)25-26(29-16-15-28-25)31-35(33,34)23-10-6-3-7-20(23)27/h3-16H,2,17H2,1H3,(H,29,31). The molecule has 0 amide bonds. The van der Waals surface area contributed by atoms with Crippen LogP contribution in [0.2, 0.25) is 5.02 Å². The Balaban J connectivity index is 1.44. The molecule has 0 atom stereocenters. The SMILES string of the molecule is CCc1nc2ccccc2n1Cc1ccc(-c2nccnc2NS(=O)(=O)c2ccccc2Cl)cc1. The molecular weight excluding hydrogens is 482 g/mol. The van der Waals surface area contributed by atoms with Gasteiger partial charge in [0.25, 0.3) is 10.0 Å². The number of imidazole rings is 1. The predicted molar refractivity (Wildman–Crippen MR) is 138 cm³/mol. The second-order valence-corrected chi connectivity index (χ2v) is 10.0. The van der Waals surface area contributed by atoms with Gasteiger partial charge in [0.05, 0.1) is 16.1 Å². The average Bonchev–Trinajstić information content (AvgIpc) is 3.22.